The Morgan fingerprint density at radius 1 is 1.22 bits per heavy atom. The molecule has 0 amide bonds. The molecule has 1 unspecified atom stereocenters. The van der Waals surface area contributed by atoms with Crippen LogP contribution in [0.1, 0.15) is 25.8 Å². The van der Waals surface area contributed by atoms with Crippen LogP contribution in [0.15, 0.2) is 53.8 Å². The molecule has 150 valence electrons. The van der Waals surface area contributed by atoms with Crippen molar-refractivity contribution in [3.8, 4) is 0 Å². The van der Waals surface area contributed by atoms with Crippen LogP contribution in [0.3, 0.4) is 0 Å². The summed E-state index contributed by atoms with van der Waals surface area (Å²) in [5.74, 6) is 0.873. The van der Waals surface area contributed by atoms with E-state index in [0.717, 1.165) is 45.1 Å². The monoisotopic (exact) mass is 484 g/mol. The third-order valence-electron chi connectivity index (χ3n) is 4.38. The standard InChI is InChI=1S/C20H32N6.HI/c1-4-21-20(23-14-16-26-15-8-12-24-26)22-13-11-18(2)25(3)17-19-9-6-5-7-10-19;/h5-10,12,15,18H,4,11,13-14,16-17H2,1-3H3,(H2,21,22,23);1H. The molecule has 7 heteroatoms. The predicted molar refractivity (Wildman–Crippen MR) is 124 cm³/mol. The number of rotatable bonds is 10. The zero-order chi connectivity index (χ0) is 18.6. The second-order valence-corrected chi connectivity index (χ2v) is 6.49. The van der Waals surface area contributed by atoms with E-state index in [0.29, 0.717) is 6.04 Å². The zero-order valence-corrected chi connectivity index (χ0v) is 19.0. The Bertz CT molecular complexity index is 629. The number of benzene rings is 1. The van der Waals surface area contributed by atoms with Gasteiger partial charge in [0.1, 0.15) is 0 Å². The predicted octanol–water partition coefficient (Wildman–Crippen LogP) is 2.97. The highest BCUT2D eigenvalue weighted by Gasteiger charge is 2.09. The lowest BCUT2D eigenvalue weighted by Crippen LogP contribution is -2.39. The molecule has 27 heavy (non-hydrogen) atoms. The maximum atomic E-state index is 4.70. The van der Waals surface area contributed by atoms with Crippen molar-refractivity contribution in [3.05, 3.63) is 54.4 Å². The van der Waals surface area contributed by atoms with Crippen LogP contribution >= 0.6 is 24.0 Å². The molecular weight excluding hydrogens is 451 g/mol. The number of hydrogen-bond donors (Lipinski definition) is 2. The van der Waals surface area contributed by atoms with Crippen LogP contribution in [-0.2, 0) is 13.1 Å². The van der Waals surface area contributed by atoms with Crippen LogP contribution in [0.4, 0.5) is 0 Å². The van der Waals surface area contributed by atoms with Crippen LogP contribution in [0.2, 0.25) is 0 Å². The van der Waals surface area contributed by atoms with Gasteiger partial charge in [-0.3, -0.25) is 14.6 Å². The van der Waals surface area contributed by atoms with E-state index in [4.69, 9.17) is 4.99 Å². The fraction of sp³-hybridized carbons (Fsp3) is 0.500. The van der Waals surface area contributed by atoms with Gasteiger partial charge in [-0.05, 0) is 38.9 Å². The molecular formula is C20H33IN6. The van der Waals surface area contributed by atoms with Gasteiger partial charge < -0.3 is 10.6 Å². The van der Waals surface area contributed by atoms with Crippen LogP contribution in [0, 0.1) is 0 Å². The molecule has 0 fully saturated rings. The Morgan fingerprint density at radius 2 is 2.00 bits per heavy atom. The maximum absolute atomic E-state index is 4.70. The van der Waals surface area contributed by atoms with Gasteiger partial charge >= 0.3 is 0 Å². The number of nitrogens with zero attached hydrogens (tertiary/aromatic N) is 4. The smallest absolute Gasteiger partial charge is 0.191 e. The van der Waals surface area contributed by atoms with Gasteiger partial charge in [0.05, 0.1) is 6.54 Å². The SMILES string of the molecule is CCNC(=NCCC(C)N(C)Cc1ccccc1)NCCn1cccn1.I. The third-order valence-corrected chi connectivity index (χ3v) is 4.38. The Balaban J connectivity index is 0.00000364. The lowest BCUT2D eigenvalue weighted by molar-refractivity contribution is 0.240. The number of hydrogen-bond acceptors (Lipinski definition) is 3. The van der Waals surface area contributed by atoms with Gasteiger partial charge in [0.15, 0.2) is 5.96 Å². The first kappa shape index (κ1) is 23.4. The van der Waals surface area contributed by atoms with Gasteiger partial charge in [-0.2, -0.15) is 5.10 Å². The number of aromatic nitrogens is 2. The minimum absolute atomic E-state index is 0. The van der Waals surface area contributed by atoms with Gasteiger partial charge in [0.25, 0.3) is 0 Å². The molecule has 2 aromatic rings. The summed E-state index contributed by atoms with van der Waals surface area (Å²) >= 11 is 0. The molecule has 1 aromatic heterocycles. The number of aliphatic imine (C=N–C) groups is 1. The fourth-order valence-electron chi connectivity index (χ4n) is 2.67. The Labute approximate surface area is 180 Å². The van der Waals surface area contributed by atoms with E-state index in [1.54, 1.807) is 6.20 Å². The number of guanidine groups is 1. The number of nitrogens with one attached hydrogen (secondary N) is 2. The van der Waals surface area contributed by atoms with E-state index >= 15 is 0 Å². The maximum Gasteiger partial charge on any atom is 0.191 e. The van der Waals surface area contributed by atoms with Crippen molar-refractivity contribution < 1.29 is 0 Å². The average molecular weight is 484 g/mol. The topological polar surface area (TPSA) is 57.5 Å². The summed E-state index contributed by atoms with van der Waals surface area (Å²) in [6, 6.07) is 13.0. The molecule has 0 aliphatic carbocycles. The van der Waals surface area contributed by atoms with Crippen LogP contribution in [0.5, 0.6) is 0 Å². The van der Waals surface area contributed by atoms with Gasteiger partial charge in [-0.1, -0.05) is 30.3 Å². The average Bonchev–Trinajstić information content (AvgIpc) is 3.16. The first-order valence-electron chi connectivity index (χ1n) is 9.42. The molecule has 0 saturated carbocycles. The zero-order valence-electron chi connectivity index (χ0n) is 16.6. The van der Waals surface area contributed by atoms with Crippen molar-refractivity contribution in [2.75, 3.05) is 26.7 Å². The van der Waals surface area contributed by atoms with Crippen molar-refractivity contribution >= 4 is 29.9 Å². The molecule has 0 aliphatic heterocycles. The molecule has 0 saturated heterocycles. The van der Waals surface area contributed by atoms with E-state index in [1.807, 2.05) is 16.9 Å². The normalized spacial score (nSPS) is 12.5. The van der Waals surface area contributed by atoms with Gasteiger partial charge in [-0.15, -0.1) is 24.0 Å². The van der Waals surface area contributed by atoms with Gasteiger partial charge in [0, 0.05) is 44.6 Å². The molecule has 2 N–H and O–H groups in total. The quantitative estimate of drug-likeness (QED) is 0.310. The minimum atomic E-state index is 0. The van der Waals surface area contributed by atoms with Gasteiger partial charge in [0.2, 0.25) is 0 Å². The minimum Gasteiger partial charge on any atom is -0.357 e. The summed E-state index contributed by atoms with van der Waals surface area (Å²) in [6.07, 6.45) is 4.79. The summed E-state index contributed by atoms with van der Waals surface area (Å²) in [5.41, 5.74) is 1.35. The van der Waals surface area contributed by atoms with Crippen LogP contribution < -0.4 is 10.6 Å². The molecule has 6 nitrogen and oxygen atoms in total. The molecule has 0 aliphatic rings. The van der Waals surface area contributed by atoms with Crippen molar-refractivity contribution in [2.24, 2.45) is 4.99 Å². The Kier molecular flexibility index (Phi) is 11.8. The first-order valence-corrected chi connectivity index (χ1v) is 9.42. The molecule has 0 radical (unpaired) electrons. The summed E-state index contributed by atoms with van der Waals surface area (Å²) in [7, 11) is 2.18. The molecule has 0 spiro atoms. The first-order chi connectivity index (χ1) is 12.7. The highest BCUT2D eigenvalue weighted by atomic mass is 127. The Hall–Kier alpha value is -1.61. The third kappa shape index (κ3) is 9.23. The summed E-state index contributed by atoms with van der Waals surface area (Å²) in [4.78, 5) is 7.08. The van der Waals surface area contributed by atoms with Crippen molar-refractivity contribution in [2.45, 2.75) is 39.4 Å². The molecule has 1 atom stereocenters. The lowest BCUT2D eigenvalue weighted by Gasteiger charge is -2.24. The molecule has 0 bridgehead atoms. The number of halogens is 1. The van der Waals surface area contributed by atoms with E-state index in [2.05, 4.69) is 71.9 Å². The van der Waals surface area contributed by atoms with E-state index in [-0.39, 0.29) is 24.0 Å². The highest BCUT2D eigenvalue weighted by Crippen LogP contribution is 2.08. The van der Waals surface area contributed by atoms with E-state index < -0.39 is 0 Å². The molecule has 1 aromatic carbocycles. The van der Waals surface area contributed by atoms with Gasteiger partial charge in [-0.25, -0.2) is 0 Å². The second-order valence-electron chi connectivity index (χ2n) is 6.49. The van der Waals surface area contributed by atoms with Crippen molar-refractivity contribution in [1.29, 1.82) is 0 Å². The highest BCUT2D eigenvalue weighted by molar-refractivity contribution is 14.0. The fourth-order valence-corrected chi connectivity index (χ4v) is 2.67. The van der Waals surface area contributed by atoms with Crippen LogP contribution in [0.25, 0.3) is 0 Å². The van der Waals surface area contributed by atoms with Crippen LogP contribution in [-0.4, -0.2) is 53.4 Å². The largest absolute Gasteiger partial charge is 0.357 e. The summed E-state index contributed by atoms with van der Waals surface area (Å²) < 4.78 is 1.91. The van der Waals surface area contributed by atoms with Crippen molar-refractivity contribution in [1.82, 2.24) is 25.3 Å². The van der Waals surface area contributed by atoms with Crippen molar-refractivity contribution in [3.63, 3.8) is 0 Å². The summed E-state index contributed by atoms with van der Waals surface area (Å²) in [5, 5.41) is 10.9. The van der Waals surface area contributed by atoms with E-state index in [9.17, 15) is 0 Å². The molecule has 1 heterocycles. The lowest BCUT2D eigenvalue weighted by atomic mass is 10.1. The molecule has 2 rings (SSSR count). The second kappa shape index (κ2) is 13.5. The summed E-state index contributed by atoms with van der Waals surface area (Å²) in [6.45, 7) is 8.60. The van der Waals surface area contributed by atoms with E-state index in [1.165, 1.54) is 5.56 Å². The Morgan fingerprint density at radius 3 is 2.67 bits per heavy atom.